The van der Waals surface area contributed by atoms with Gasteiger partial charge in [0.2, 0.25) is 5.75 Å². The highest BCUT2D eigenvalue weighted by Gasteiger charge is 2.30. The molecule has 1 heterocycles. The van der Waals surface area contributed by atoms with Crippen molar-refractivity contribution >= 4 is 16.7 Å². The number of aromatic nitrogens is 1. The van der Waals surface area contributed by atoms with Gasteiger partial charge in [-0.15, -0.1) is 0 Å². The van der Waals surface area contributed by atoms with Crippen molar-refractivity contribution < 1.29 is 23.7 Å². The van der Waals surface area contributed by atoms with Gasteiger partial charge in [0.05, 0.1) is 28.4 Å². The number of benzene rings is 2. The first kappa shape index (κ1) is 23.6. The van der Waals surface area contributed by atoms with Gasteiger partial charge in [0.15, 0.2) is 11.5 Å². The van der Waals surface area contributed by atoms with Gasteiger partial charge < -0.3 is 24.7 Å². The molecule has 1 aromatic heterocycles. The molecular formula is C26H30N2O6. The van der Waals surface area contributed by atoms with Gasteiger partial charge in [-0.3, -0.25) is 9.36 Å². The summed E-state index contributed by atoms with van der Waals surface area (Å²) in [5.74, 6) is 0.741. The van der Waals surface area contributed by atoms with E-state index in [9.17, 15) is 9.59 Å². The number of rotatable bonds is 6. The van der Waals surface area contributed by atoms with Crippen LogP contribution in [0.1, 0.15) is 42.2 Å². The first-order chi connectivity index (χ1) is 16.4. The molecule has 0 aliphatic heterocycles. The number of nitrogens with two attached hydrogens (primary N) is 1. The number of nitrogens with zero attached hydrogens (tertiary/aromatic N) is 1. The summed E-state index contributed by atoms with van der Waals surface area (Å²) < 4.78 is 23.4. The molecule has 0 unspecified atom stereocenters. The van der Waals surface area contributed by atoms with Gasteiger partial charge >= 0.3 is 5.97 Å². The van der Waals surface area contributed by atoms with Crippen LogP contribution in [0.3, 0.4) is 0 Å². The largest absolute Gasteiger partial charge is 0.493 e. The number of fused-ring (bicyclic) bond motifs is 1. The molecule has 8 nitrogen and oxygen atoms in total. The Morgan fingerprint density at radius 1 is 0.912 bits per heavy atom. The smallest absolute Gasteiger partial charge is 0.355 e. The summed E-state index contributed by atoms with van der Waals surface area (Å²) in [6, 6.07) is 10.8. The molecule has 0 saturated heterocycles. The molecule has 4 rings (SSSR count). The summed E-state index contributed by atoms with van der Waals surface area (Å²) in [7, 11) is 5.92. The lowest BCUT2D eigenvalue weighted by molar-refractivity contribution is 0.0583. The monoisotopic (exact) mass is 466 g/mol. The number of carbonyl (C=O) groups excluding carboxylic acids is 1. The normalized spacial score (nSPS) is 17.9. The summed E-state index contributed by atoms with van der Waals surface area (Å²) in [5, 5.41) is 1.17. The maximum absolute atomic E-state index is 13.7. The minimum Gasteiger partial charge on any atom is -0.493 e. The topological polar surface area (TPSA) is 102 Å². The molecule has 0 bridgehead atoms. The van der Waals surface area contributed by atoms with Crippen molar-refractivity contribution in [1.29, 1.82) is 0 Å². The average Bonchev–Trinajstić information content (AvgIpc) is 2.87. The summed E-state index contributed by atoms with van der Waals surface area (Å²) >= 11 is 0. The molecule has 2 N–H and O–H groups in total. The Balaban J connectivity index is 2.12. The molecule has 1 saturated carbocycles. The average molecular weight is 467 g/mol. The number of ether oxygens (including phenoxy) is 4. The van der Waals surface area contributed by atoms with Crippen molar-refractivity contribution in [1.82, 2.24) is 4.57 Å². The Hall–Kier alpha value is -3.52. The van der Waals surface area contributed by atoms with Gasteiger partial charge in [-0.05, 0) is 54.8 Å². The van der Waals surface area contributed by atoms with E-state index in [2.05, 4.69) is 0 Å². The van der Waals surface area contributed by atoms with Crippen molar-refractivity contribution in [3.63, 3.8) is 0 Å². The fraction of sp³-hybridized carbons (Fsp3) is 0.385. The van der Waals surface area contributed by atoms with E-state index in [1.54, 1.807) is 22.8 Å². The molecule has 3 aromatic rings. The second kappa shape index (κ2) is 9.77. The lowest BCUT2D eigenvalue weighted by Crippen LogP contribution is -2.35. The summed E-state index contributed by atoms with van der Waals surface area (Å²) in [6.07, 6.45) is 2.98. The summed E-state index contributed by atoms with van der Waals surface area (Å²) in [4.78, 5) is 27.0. The third-order valence-corrected chi connectivity index (χ3v) is 6.56. The molecule has 0 spiro atoms. The highest BCUT2D eigenvalue weighted by atomic mass is 16.5. The number of esters is 1. The van der Waals surface area contributed by atoms with Crippen LogP contribution in [0.15, 0.2) is 41.2 Å². The number of hydrogen-bond acceptors (Lipinski definition) is 7. The lowest BCUT2D eigenvalue weighted by atomic mass is 9.89. The zero-order valence-corrected chi connectivity index (χ0v) is 19.9. The SMILES string of the molecule is COC(=O)c1c(-c2cc(OC)c(OC)c(OC)c2)c2ccccc2c(=O)n1C1CCC(N)CC1. The number of pyridine rings is 1. The molecule has 2 aromatic carbocycles. The Kier molecular flexibility index (Phi) is 6.79. The van der Waals surface area contributed by atoms with Crippen LogP contribution in [0.2, 0.25) is 0 Å². The predicted octanol–water partition coefficient (Wildman–Crippen LogP) is 3.92. The van der Waals surface area contributed by atoms with E-state index in [1.807, 2.05) is 18.2 Å². The molecular weight excluding hydrogens is 436 g/mol. The van der Waals surface area contributed by atoms with E-state index in [0.29, 0.717) is 52.0 Å². The molecule has 8 heteroatoms. The Labute approximate surface area is 198 Å². The molecule has 0 radical (unpaired) electrons. The van der Waals surface area contributed by atoms with Gasteiger partial charge in [-0.1, -0.05) is 18.2 Å². The van der Waals surface area contributed by atoms with Gasteiger partial charge in [0.25, 0.3) is 5.56 Å². The molecule has 0 amide bonds. The van der Waals surface area contributed by atoms with E-state index in [-0.39, 0.29) is 23.3 Å². The predicted molar refractivity (Wildman–Crippen MR) is 130 cm³/mol. The number of carbonyl (C=O) groups is 1. The van der Waals surface area contributed by atoms with E-state index in [1.165, 1.54) is 28.4 Å². The molecule has 180 valence electrons. The maximum Gasteiger partial charge on any atom is 0.355 e. The van der Waals surface area contributed by atoms with E-state index in [0.717, 1.165) is 12.8 Å². The van der Waals surface area contributed by atoms with E-state index >= 15 is 0 Å². The Morgan fingerprint density at radius 2 is 1.50 bits per heavy atom. The highest BCUT2D eigenvalue weighted by Crippen LogP contribution is 2.44. The summed E-state index contributed by atoms with van der Waals surface area (Å²) in [6.45, 7) is 0. The van der Waals surface area contributed by atoms with Crippen LogP contribution in [0.4, 0.5) is 0 Å². The third-order valence-electron chi connectivity index (χ3n) is 6.56. The second-order valence-electron chi connectivity index (χ2n) is 8.42. The van der Waals surface area contributed by atoms with Crippen LogP contribution in [0, 0.1) is 0 Å². The van der Waals surface area contributed by atoms with Crippen LogP contribution in [0.5, 0.6) is 17.2 Å². The standard InChI is InChI=1S/C26H30N2O6/c1-31-20-13-15(14-21(32-2)24(20)33-3)22-18-7-5-6-8-19(18)25(29)28(23(22)26(30)34-4)17-11-9-16(27)10-12-17/h5-8,13-14,16-17H,9-12,27H2,1-4H3. The Morgan fingerprint density at radius 3 is 2.03 bits per heavy atom. The first-order valence-electron chi connectivity index (χ1n) is 11.3. The lowest BCUT2D eigenvalue weighted by Gasteiger charge is -2.30. The molecule has 1 fully saturated rings. The molecule has 1 aliphatic rings. The summed E-state index contributed by atoms with van der Waals surface area (Å²) in [5.41, 5.74) is 7.34. The van der Waals surface area contributed by atoms with Crippen LogP contribution < -0.4 is 25.5 Å². The van der Waals surface area contributed by atoms with Crippen LogP contribution in [-0.2, 0) is 4.74 Å². The van der Waals surface area contributed by atoms with Crippen LogP contribution in [0.25, 0.3) is 21.9 Å². The van der Waals surface area contributed by atoms with Crippen LogP contribution >= 0.6 is 0 Å². The van der Waals surface area contributed by atoms with Crippen LogP contribution in [-0.4, -0.2) is 45.0 Å². The van der Waals surface area contributed by atoms with Gasteiger partial charge in [-0.25, -0.2) is 4.79 Å². The van der Waals surface area contributed by atoms with Gasteiger partial charge in [0, 0.05) is 23.0 Å². The highest BCUT2D eigenvalue weighted by molar-refractivity contribution is 6.07. The van der Waals surface area contributed by atoms with Crippen molar-refractivity contribution in [2.75, 3.05) is 28.4 Å². The Bertz CT molecular complexity index is 1250. The fourth-order valence-electron chi connectivity index (χ4n) is 4.89. The third kappa shape index (κ3) is 3.98. The molecule has 1 aliphatic carbocycles. The molecule has 34 heavy (non-hydrogen) atoms. The number of hydrogen-bond donors (Lipinski definition) is 1. The molecule has 0 atom stereocenters. The van der Waals surface area contributed by atoms with Crippen molar-refractivity contribution in [3.8, 4) is 28.4 Å². The van der Waals surface area contributed by atoms with E-state index in [4.69, 9.17) is 24.7 Å². The minimum atomic E-state index is -0.582. The second-order valence-corrected chi connectivity index (χ2v) is 8.42. The van der Waals surface area contributed by atoms with Crippen molar-refractivity contribution in [2.45, 2.75) is 37.8 Å². The number of methoxy groups -OCH3 is 4. The quantitative estimate of drug-likeness (QED) is 0.549. The first-order valence-corrected chi connectivity index (χ1v) is 11.3. The van der Waals surface area contributed by atoms with Gasteiger partial charge in [-0.2, -0.15) is 0 Å². The zero-order chi connectivity index (χ0) is 24.4. The van der Waals surface area contributed by atoms with E-state index < -0.39 is 5.97 Å². The minimum absolute atomic E-state index is 0.101. The van der Waals surface area contributed by atoms with Crippen molar-refractivity contribution in [3.05, 3.63) is 52.4 Å². The zero-order valence-electron chi connectivity index (χ0n) is 19.9. The fourth-order valence-corrected chi connectivity index (χ4v) is 4.89. The maximum atomic E-state index is 13.7. The van der Waals surface area contributed by atoms with Crippen molar-refractivity contribution in [2.24, 2.45) is 5.73 Å². The van der Waals surface area contributed by atoms with Gasteiger partial charge in [0.1, 0.15) is 5.69 Å².